The molecule has 2 aromatic heterocycles. The molecule has 3 heterocycles. The highest BCUT2D eigenvalue weighted by Gasteiger charge is 2.36. The van der Waals surface area contributed by atoms with E-state index in [1.54, 1.807) is 12.1 Å². The number of hydrogen-bond acceptors (Lipinski definition) is 5. The number of halogens is 1. The van der Waals surface area contributed by atoms with Gasteiger partial charge in [0.1, 0.15) is 11.6 Å². The van der Waals surface area contributed by atoms with E-state index in [1.165, 1.54) is 16.2 Å². The first-order valence-electron chi connectivity index (χ1n) is 10.3. The number of aromatic nitrogens is 4. The Bertz CT molecular complexity index is 1550. The smallest absolute Gasteiger partial charge is 0.236 e. The number of nitrogens with one attached hydrogen (secondary N) is 1. The largest absolute Gasteiger partial charge is 0.371 e. The van der Waals surface area contributed by atoms with Crippen LogP contribution in [0.1, 0.15) is 36.6 Å². The Morgan fingerprint density at radius 1 is 1.09 bits per heavy atom. The van der Waals surface area contributed by atoms with Crippen LogP contribution in [-0.2, 0) is 15.6 Å². The van der Waals surface area contributed by atoms with Gasteiger partial charge in [-0.25, -0.2) is 16.8 Å². The average Bonchev–Trinajstić information content (AvgIpc) is 3.25. The summed E-state index contributed by atoms with van der Waals surface area (Å²) in [5.74, 6) is 1.09. The standard InChI is InChI=1S/C23H24FN5O2S/c1-12-9-16(15-7-8-28(19(15)10-12)32(6,30)31)20-13(2)21-18(11-17(20)24)25-23(4,5)22-27-26-14(3)29(21)22/h7-11,25H,1-6H3. The van der Waals surface area contributed by atoms with Gasteiger partial charge in [0.2, 0.25) is 10.0 Å². The Morgan fingerprint density at radius 3 is 2.50 bits per heavy atom. The van der Waals surface area contributed by atoms with Crippen LogP contribution in [0.2, 0.25) is 0 Å². The van der Waals surface area contributed by atoms with E-state index in [1.807, 2.05) is 45.3 Å². The van der Waals surface area contributed by atoms with Crippen LogP contribution < -0.4 is 5.32 Å². The van der Waals surface area contributed by atoms with Crippen LogP contribution >= 0.6 is 0 Å². The monoisotopic (exact) mass is 453 g/mol. The molecule has 166 valence electrons. The second-order valence-corrected chi connectivity index (χ2v) is 10.9. The molecule has 1 aliphatic rings. The Labute approximate surface area is 185 Å². The SMILES string of the molecule is Cc1cc(-c2c(F)cc3c(c2C)-n2c(C)nnc2C(C)(C)N3)c2ccn(S(C)(=O)=O)c2c1. The van der Waals surface area contributed by atoms with Crippen molar-refractivity contribution in [3.8, 4) is 16.8 Å². The van der Waals surface area contributed by atoms with Crippen LogP contribution in [0.4, 0.5) is 10.1 Å². The molecule has 2 aromatic carbocycles. The first-order valence-corrected chi connectivity index (χ1v) is 12.1. The third-order valence-corrected chi connectivity index (χ3v) is 7.13. The number of rotatable bonds is 2. The molecule has 0 radical (unpaired) electrons. The van der Waals surface area contributed by atoms with Crippen molar-refractivity contribution in [2.75, 3.05) is 11.6 Å². The van der Waals surface area contributed by atoms with Gasteiger partial charge in [-0.1, -0.05) is 6.07 Å². The molecule has 0 unspecified atom stereocenters. The third-order valence-electron chi connectivity index (χ3n) is 6.09. The first-order chi connectivity index (χ1) is 14.9. The Hall–Kier alpha value is -3.20. The highest BCUT2D eigenvalue weighted by atomic mass is 32.2. The van der Waals surface area contributed by atoms with Crippen LogP contribution in [0.25, 0.3) is 27.7 Å². The van der Waals surface area contributed by atoms with E-state index in [-0.39, 0.29) is 5.82 Å². The maximum atomic E-state index is 15.7. The normalized spacial score (nSPS) is 14.8. The third kappa shape index (κ3) is 2.80. The zero-order valence-electron chi connectivity index (χ0n) is 18.8. The van der Waals surface area contributed by atoms with Crippen molar-refractivity contribution in [2.24, 2.45) is 0 Å². The molecular formula is C23H24FN5O2S. The number of aryl methyl sites for hydroxylation is 2. The fourth-order valence-electron chi connectivity index (χ4n) is 4.76. The molecule has 0 amide bonds. The molecule has 32 heavy (non-hydrogen) atoms. The number of anilines is 1. The fourth-order valence-corrected chi connectivity index (χ4v) is 5.55. The lowest BCUT2D eigenvalue weighted by molar-refractivity contribution is 0.532. The van der Waals surface area contributed by atoms with Crippen molar-refractivity contribution in [1.29, 1.82) is 0 Å². The lowest BCUT2D eigenvalue weighted by atomic mass is 9.91. The molecule has 0 saturated heterocycles. The summed E-state index contributed by atoms with van der Waals surface area (Å²) < 4.78 is 43.4. The summed E-state index contributed by atoms with van der Waals surface area (Å²) in [6.07, 6.45) is 2.67. The van der Waals surface area contributed by atoms with Crippen LogP contribution in [0, 0.1) is 26.6 Å². The number of nitrogens with zero attached hydrogens (tertiary/aromatic N) is 4. The number of fused-ring (bicyclic) bond motifs is 4. The Morgan fingerprint density at radius 2 is 1.81 bits per heavy atom. The number of hydrogen-bond donors (Lipinski definition) is 1. The highest BCUT2D eigenvalue weighted by molar-refractivity contribution is 7.89. The van der Waals surface area contributed by atoms with Crippen molar-refractivity contribution in [3.63, 3.8) is 0 Å². The zero-order valence-corrected chi connectivity index (χ0v) is 19.6. The zero-order chi connectivity index (χ0) is 23.2. The minimum atomic E-state index is -3.50. The summed E-state index contributed by atoms with van der Waals surface area (Å²) in [6.45, 7) is 9.59. The van der Waals surface area contributed by atoms with Gasteiger partial charge in [-0.3, -0.25) is 4.57 Å². The summed E-state index contributed by atoms with van der Waals surface area (Å²) in [4.78, 5) is 0. The van der Waals surface area contributed by atoms with Crippen LogP contribution in [0.5, 0.6) is 0 Å². The summed E-state index contributed by atoms with van der Waals surface area (Å²) in [7, 11) is -3.50. The van der Waals surface area contributed by atoms with Crippen molar-refractivity contribution in [3.05, 3.63) is 59.1 Å². The maximum absolute atomic E-state index is 15.7. The van der Waals surface area contributed by atoms with Gasteiger partial charge in [0.15, 0.2) is 5.82 Å². The van der Waals surface area contributed by atoms with Crippen LogP contribution in [0.15, 0.2) is 30.5 Å². The molecule has 0 aliphatic carbocycles. The van der Waals surface area contributed by atoms with Gasteiger partial charge in [-0.15, -0.1) is 10.2 Å². The van der Waals surface area contributed by atoms with Crippen molar-refractivity contribution in [1.82, 2.24) is 18.7 Å². The van der Waals surface area contributed by atoms with Gasteiger partial charge in [0.05, 0.1) is 28.7 Å². The van der Waals surface area contributed by atoms with Gasteiger partial charge < -0.3 is 5.32 Å². The van der Waals surface area contributed by atoms with Crippen LogP contribution in [0.3, 0.4) is 0 Å². The van der Waals surface area contributed by atoms with Gasteiger partial charge in [0.25, 0.3) is 0 Å². The van der Waals surface area contributed by atoms with E-state index in [9.17, 15) is 8.42 Å². The van der Waals surface area contributed by atoms with Crippen LogP contribution in [-0.4, -0.2) is 33.4 Å². The molecule has 7 nitrogen and oxygen atoms in total. The quantitative estimate of drug-likeness (QED) is 0.486. The van der Waals surface area contributed by atoms with E-state index in [0.29, 0.717) is 33.5 Å². The molecule has 1 aliphatic heterocycles. The maximum Gasteiger partial charge on any atom is 0.236 e. The van der Waals surface area contributed by atoms with E-state index in [2.05, 4.69) is 15.5 Å². The highest BCUT2D eigenvalue weighted by Crippen LogP contribution is 2.44. The van der Waals surface area contributed by atoms with Crippen molar-refractivity contribution in [2.45, 2.75) is 40.2 Å². The van der Waals surface area contributed by atoms with E-state index >= 15 is 4.39 Å². The fraction of sp³-hybridized carbons (Fsp3) is 0.304. The molecule has 4 aromatic rings. The molecule has 0 atom stereocenters. The van der Waals surface area contributed by atoms with Gasteiger partial charge in [0, 0.05) is 17.1 Å². The van der Waals surface area contributed by atoms with Gasteiger partial charge in [-0.2, -0.15) is 0 Å². The molecule has 9 heteroatoms. The summed E-state index contributed by atoms with van der Waals surface area (Å²) in [6, 6.07) is 6.92. The molecule has 0 bridgehead atoms. The summed E-state index contributed by atoms with van der Waals surface area (Å²) in [5, 5.41) is 12.7. The average molecular weight is 454 g/mol. The summed E-state index contributed by atoms with van der Waals surface area (Å²) >= 11 is 0. The molecule has 5 rings (SSSR count). The second kappa shape index (κ2) is 6.41. The van der Waals surface area contributed by atoms with E-state index in [4.69, 9.17) is 0 Å². The first kappa shape index (κ1) is 20.7. The minimum Gasteiger partial charge on any atom is -0.371 e. The molecule has 1 N–H and O–H groups in total. The van der Waals surface area contributed by atoms with E-state index in [0.717, 1.165) is 28.9 Å². The number of benzene rings is 2. The topological polar surface area (TPSA) is 81.8 Å². The Balaban J connectivity index is 1.87. The molecule has 0 saturated carbocycles. The predicted molar refractivity (Wildman–Crippen MR) is 123 cm³/mol. The lowest BCUT2D eigenvalue weighted by Crippen LogP contribution is -2.36. The van der Waals surface area contributed by atoms with Gasteiger partial charge >= 0.3 is 0 Å². The predicted octanol–water partition coefficient (Wildman–Crippen LogP) is 4.42. The minimum absolute atomic E-state index is 0.377. The molecule has 0 fully saturated rings. The Kier molecular flexibility index (Phi) is 4.15. The molecule has 0 spiro atoms. The lowest BCUT2D eigenvalue weighted by Gasteiger charge is -2.35. The molecular weight excluding hydrogens is 429 g/mol. The van der Waals surface area contributed by atoms with Crippen molar-refractivity contribution < 1.29 is 12.8 Å². The van der Waals surface area contributed by atoms with E-state index < -0.39 is 15.6 Å². The van der Waals surface area contributed by atoms with Gasteiger partial charge in [-0.05, 0) is 69.5 Å². The second-order valence-electron chi connectivity index (χ2n) is 9.03. The van der Waals surface area contributed by atoms with Crippen molar-refractivity contribution >= 4 is 26.6 Å². The summed E-state index contributed by atoms with van der Waals surface area (Å²) in [5.41, 5.74) is 4.13.